The molecular formula is C27H30FN3O3S. The first-order chi connectivity index (χ1) is 17.0. The number of halogens is 1. The van der Waals surface area contributed by atoms with E-state index in [1.165, 1.54) is 17.4 Å². The van der Waals surface area contributed by atoms with Crippen LogP contribution in [0.4, 0.5) is 4.39 Å². The zero-order valence-electron chi connectivity index (χ0n) is 19.7. The Morgan fingerprint density at radius 1 is 1.06 bits per heavy atom. The van der Waals surface area contributed by atoms with Crippen LogP contribution in [0, 0.1) is 5.82 Å². The minimum absolute atomic E-state index is 0.00825. The van der Waals surface area contributed by atoms with Crippen molar-refractivity contribution < 1.29 is 18.7 Å². The number of hydrogen-bond acceptors (Lipinski definition) is 5. The van der Waals surface area contributed by atoms with Crippen molar-refractivity contribution in [3.05, 3.63) is 82.1 Å². The summed E-state index contributed by atoms with van der Waals surface area (Å²) >= 11 is 1.29. The lowest BCUT2D eigenvalue weighted by molar-refractivity contribution is -0.123. The van der Waals surface area contributed by atoms with Crippen LogP contribution in [0.5, 0.6) is 5.75 Å². The van der Waals surface area contributed by atoms with E-state index in [1.807, 2.05) is 37.3 Å². The SMILES string of the molecule is CCC(C(=O)NC1CCCCC1NC(=O)c1csc(COc2ccccc2F)n1)c1ccccc1. The molecule has 0 saturated heterocycles. The van der Waals surface area contributed by atoms with Crippen LogP contribution in [0.1, 0.15) is 66.0 Å². The Labute approximate surface area is 208 Å². The van der Waals surface area contributed by atoms with E-state index in [0.717, 1.165) is 31.2 Å². The molecule has 3 unspecified atom stereocenters. The monoisotopic (exact) mass is 495 g/mol. The molecule has 0 bridgehead atoms. The maximum atomic E-state index is 13.7. The smallest absolute Gasteiger partial charge is 0.271 e. The summed E-state index contributed by atoms with van der Waals surface area (Å²) in [6, 6.07) is 15.7. The second-order valence-electron chi connectivity index (χ2n) is 8.70. The molecule has 184 valence electrons. The van der Waals surface area contributed by atoms with Crippen molar-refractivity contribution in [1.82, 2.24) is 15.6 Å². The molecule has 1 heterocycles. The highest BCUT2D eigenvalue weighted by Crippen LogP contribution is 2.24. The standard InChI is InChI=1S/C27H30FN3O3S/c1-2-19(18-10-4-3-5-11-18)26(32)30-21-13-7-8-14-22(21)31-27(33)23-17-35-25(29-23)16-34-24-15-9-6-12-20(24)28/h3-6,9-12,15,17,19,21-22H,2,7-8,13-14,16H2,1H3,(H,30,32)(H,31,33). The summed E-state index contributed by atoms with van der Waals surface area (Å²) in [7, 11) is 0. The first kappa shape index (κ1) is 24.9. The summed E-state index contributed by atoms with van der Waals surface area (Å²) in [4.78, 5) is 30.4. The molecule has 0 spiro atoms. The lowest BCUT2D eigenvalue weighted by atomic mass is 9.88. The van der Waals surface area contributed by atoms with Gasteiger partial charge in [0, 0.05) is 17.5 Å². The fourth-order valence-electron chi connectivity index (χ4n) is 4.44. The van der Waals surface area contributed by atoms with Crippen LogP contribution in [0.25, 0.3) is 0 Å². The summed E-state index contributed by atoms with van der Waals surface area (Å²) in [6.45, 7) is 2.09. The summed E-state index contributed by atoms with van der Waals surface area (Å²) in [5, 5.41) is 8.53. The molecular weight excluding hydrogens is 465 g/mol. The Hall–Kier alpha value is -3.26. The van der Waals surface area contributed by atoms with Gasteiger partial charge >= 0.3 is 0 Å². The highest BCUT2D eigenvalue weighted by atomic mass is 32.1. The molecule has 2 amide bonds. The van der Waals surface area contributed by atoms with Crippen LogP contribution < -0.4 is 15.4 Å². The molecule has 0 radical (unpaired) electrons. The first-order valence-corrected chi connectivity index (χ1v) is 12.9. The lowest BCUT2D eigenvalue weighted by Crippen LogP contribution is -2.54. The van der Waals surface area contributed by atoms with E-state index >= 15 is 0 Å². The van der Waals surface area contributed by atoms with Gasteiger partial charge < -0.3 is 15.4 Å². The van der Waals surface area contributed by atoms with E-state index in [1.54, 1.807) is 23.6 Å². The van der Waals surface area contributed by atoms with Gasteiger partial charge in [-0.2, -0.15) is 0 Å². The second kappa shape index (κ2) is 11.9. The molecule has 35 heavy (non-hydrogen) atoms. The van der Waals surface area contributed by atoms with Gasteiger partial charge in [0.05, 0.1) is 5.92 Å². The Morgan fingerprint density at radius 3 is 2.46 bits per heavy atom. The van der Waals surface area contributed by atoms with Gasteiger partial charge in [0.15, 0.2) is 11.6 Å². The summed E-state index contributed by atoms with van der Waals surface area (Å²) in [5.41, 5.74) is 1.30. The number of aromatic nitrogens is 1. The maximum absolute atomic E-state index is 13.7. The number of thiazole rings is 1. The van der Waals surface area contributed by atoms with E-state index < -0.39 is 5.82 Å². The molecule has 2 N–H and O–H groups in total. The van der Waals surface area contributed by atoms with Crippen molar-refractivity contribution >= 4 is 23.2 Å². The van der Waals surface area contributed by atoms with E-state index in [2.05, 4.69) is 15.6 Å². The molecule has 6 nitrogen and oxygen atoms in total. The molecule has 1 aliphatic rings. The Bertz CT molecular complexity index is 1140. The van der Waals surface area contributed by atoms with Crippen LogP contribution in [-0.4, -0.2) is 28.9 Å². The van der Waals surface area contributed by atoms with Crippen molar-refractivity contribution in [3.8, 4) is 5.75 Å². The third kappa shape index (κ3) is 6.45. The summed E-state index contributed by atoms with van der Waals surface area (Å²) in [5.74, 6) is -0.795. The van der Waals surface area contributed by atoms with Crippen molar-refractivity contribution in [1.29, 1.82) is 0 Å². The Balaban J connectivity index is 1.35. The molecule has 3 atom stereocenters. The van der Waals surface area contributed by atoms with Gasteiger partial charge in [-0.3, -0.25) is 9.59 Å². The number of benzene rings is 2. The largest absolute Gasteiger partial charge is 0.483 e. The third-order valence-corrected chi connectivity index (χ3v) is 7.13. The van der Waals surface area contributed by atoms with Gasteiger partial charge in [-0.25, -0.2) is 9.37 Å². The topological polar surface area (TPSA) is 80.3 Å². The minimum Gasteiger partial charge on any atom is -0.483 e. The van der Waals surface area contributed by atoms with E-state index in [-0.39, 0.29) is 42.2 Å². The Kier molecular flexibility index (Phi) is 8.47. The molecule has 8 heteroatoms. The van der Waals surface area contributed by atoms with E-state index in [9.17, 15) is 14.0 Å². The van der Waals surface area contributed by atoms with Crippen LogP contribution in [-0.2, 0) is 11.4 Å². The number of hydrogen-bond donors (Lipinski definition) is 2. The van der Waals surface area contributed by atoms with Gasteiger partial charge in [0.1, 0.15) is 17.3 Å². The normalized spacial score (nSPS) is 18.5. The van der Waals surface area contributed by atoms with Crippen LogP contribution >= 0.6 is 11.3 Å². The quantitative estimate of drug-likeness (QED) is 0.427. The zero-order valence-corrected chi connectivity index (χ0v) is 20.5. The van der Waals surface area contributed by atoms with Crippen molar-refractivity contribution in [2.45, 2.75) is 63.6 Å². The molecule has 1 saturated carbocycles. The molecule has 0 aliphatic heterocycles. The maximum Gasteiger partial charge on any atom is 0.271 e. The van der Waals surface area contributed by atoms with Crippen molar-refractivity contribution in [2.24, 2.45) is 0 Å². The molecule has 1 fully saturated rings. The predicted molar refractivity (Wildman–Crippen MR) is 134 cm³/mol. The number of carbonyl (C=O) groups is 2. The number of nitrogens with zero attached hydrogens (tertiary/aromatic N) is 1. The average molecular weight is 496 g/mol. The molecule has 4 rings (SSSR count). The number of nitrogens with one attached hydrogen (secondary N) is 2. The fourth-order valence-corrected chi connectivity index (χ4v) is 5.13. The van der Waals surface area contributed by atoms with E-state index in [4.69, 9.17) is 4.74 Å². The van der Waals surface area contributed by atoms with Gasteiger partial charge in [-0.05, 0) is 37.0 Å². The zero-order chi connectivity index (χ0) is 24.6. The van der Waals surface area contributed by atoms with Crippen molar-refractivity contribution in [2.75, 3.05) is 0 Å². The molecule has 1 aliphatic carbocycles. The van der Waals surface area contributed by atoms with Gasteiger partial charge in [0.2, 0.25) is 5.91 Å². The van der Waals surface area contributed by atoms with Crippen molar-refractivity contribution in [3.63, 3.8) is 0 Å². The number of para-hydroxylation sites is 1. The molecule has 3 aromatic rings. The number of rotatable bonds is 9. The fraction of sp³-hybridized carbons (Fsp3) is 0.370. The predicted octanol–water partition coefficient (Wildman–Crippen LogP) is 5.21. The number of ether oxygens (including phenoxy) is 1. The second-order valence-corrected chi connectivity index (χ2v) is 9.64. The molecule has 1 aromatic heterocycles. The number of amides is 2. The minimum atomic E-state index is -0.440. The van der Waals surface area contributed by atoms with Crippen LogP contribution in [0.15, 0.2) is 60.0 Å². The highest BCUT2D eigenvalue weighted by molar-refractivity contribution is 7.09. The first-order valence-electron chi connectivity index (χ1n) is 12.0. The van der Waals surface area contributed by atoms with Gasteiger partial charge in [-0.1, -0.05) is 62.2 Å². The van der Waals surface area contributed by atoms with Gasteiger partial charge in [-0.15, -0.1) is 11.3 Å². The summed E-state index contributed by atoms with van der Waals surface area (Å²) < 4.78 is 19.2. The Morgan fingerprint density at radius 2 is 1.74 bits per heavy atom. The number of carbonyl (C=O) groups excluding carboxylic acids is 2. The van der Waals surface area contributed by atoms with Gasteiger partial charge in [0.25, 0.3) is 5.91 Å². The average Bonchev–Trinajstić information content (AvgIpc) is 3.35. The third-order valence-electron chi connectivity index (χ3n) is 6.31. The van der Waals surface area contributed by atoms with Crippen LogP contribution in [0.2, 0.25) is 0 Å². The summed E-state index contributed by atoms with van der Waals surface area (Å²) in [6.07, 6.45) is 4.32. The lowest BCUT2D eigenvalue weighted by Gasteiger charge is -2.33. The molecule has 2 aromatic carbocycles. The van der Waals surface area contributed by atoms with Crippen LogP contribution in [0.3, 0.4) is 0 Å². The highest BCUT2D eigenvalue weighted by Gasteiger charge is 2.30. The van der Waals surface area contributed by atoms with E-state index in [0.29, 0.717) is 17.1 Å².